The second-order valence-electron chi connectivity index (χ2n) is 5.99. The number of hydrogen-bond acceptors (Lipinski definition) is 6. The quantitative estimate of drug-likeness (QED) is 0.259. The van der Waals surface area contributed by atoms with Gasteiger partial charge < -0.3 is 10.1 Å². The fourth-order valence-corrected chi connectivity index (χ4v) is 3.25. The first-order valence-corrected chi connectivity index (χ1v) is 9.53. The van der Waals surface area contributed by atoms with E-state index in [4.69, 9.17) is 4.74 Å². The normalized spacial score (nSPS) is 11.0. The van der Waals surface area contributed by atoms with E-state index in [-0.39, 0.29) is 16.9 Å². The summed E-state index contributed by atoms with van der Waals surface area (Å²) in [5, 5.41) is 15.2. The van der Waals surface area contributed by atoms with E-state index in [0.717, 1.165) is 0 Å². The van der Waals surface area contributed by atoms with Crippen molar-refractivity contribution in [2.24, 2.45) is 0 Å². The van der Waals surface area contributed by atoms with E-state index in [0.29, 0.717) is 10.4 Å². The third-order valence-electron chi connectivity index (χ3n) is 3.90. The van der Waals surface area contributed by atoms with Crippen molar-refractivity contribution in [1.29, 1.82) is 0 Å². The minimum Gasteiger partial charge on any atom is -0.452 e. The van der Waals surface area contributed by atoms with Gasteiger partial charge in [-0.2, -0.15) is 0 Å². The van der Waals surface area contributed by atoms with Crippen molar-refractivity contribution in [2.45, 2.75) is 0 Å². The number of para-hydroxylation sites is 2. The van der Waals surface area contributed by atoms with Crippen LogP contribution in [0.3, 0.4) is 0 Å². The lowest BCUT2D eigenvalue weighted by Gasteiger charge is -2.09. The number of thiophene rings is 1. The summed E-state index contributed by atoms with van der Waals surface area (Å²) in [5.41, 5.74) is 0.521. The number of benzene rings is 2. The van der Waals surface area contributed by atoms with Gasteiger partial charge in [-0.25, -0.2) is 9.18 Å². The van der Waals surface area contributed by atoms with Crippen LogP contribution in [0.2, 0.25) is 0 Å². The van der Waals surface area contributed by atoms with E-state index in [1.54, 1.807) is 17.5 Å². The molecule has 30 heavy (non-hydrogen) atoms. The van der Waals surface area contributed by atoms with Crippen LogP contribution in [0.4, 0.5) is 15.8 Å². The highest BCUT2D eigenvalue weighted by atomic mass is 32.1. The highest BCUT2D eigenvalue weighted by Crippen LogP contribution is 2.25. The summed E-state index contributed by atoms with van der Waals surface area (Å²) in [6.07, 6.45) is 1.54. The highest BCUT2D eigenvalue weighted by Gasteiger charge is 2.19. The molecular weight excluding hydrogens is 411 g/mol. The van der Waals surface area contributed by atoms with Crippen molar-refractivity contribution >= 4 is 46.2 Å². The summed E-state index contributed by atoms with van der Waals surface area (Å²) in [7, 11) is 0. The van der Waals surface area contributed by atoms with Crippen LogP contribution in [0.1, 0.15) is 10.4 Å². The minimum absolute atomic E-state index is 0.00360. The third kappa shape index (κ3) is 5.36. The molecule has 0 fully saturated rings. The van der Waals surface area contributed by atoms with Gasteiger partial charge in [-0.15, -0.1) is 11.3 Å². The summed E-state index contributed by atoms with van der Waals surface area (Å²) in [6, 6.07) is 14.7. The Hall–Kier alpha value is -3.85. The maximum Gasteiger partial charge on any atom is 0.340 e. The van der Waals surface area contributed by atoms with Gasteiger partial charge in [-0.3, -0.25) is 14.9 Å². The van der Waals surface area contributed by atoms with Gasteiger partial charge in [0.15, 0.2) is 6.61 Å². The van der Waals surface area contributed by atoms with Crippen LogP contribution < -0.4 is 5.32 Å². The van der Waals surface area contributed by atoms with Crippen LogP contribution in [-0.2, 0) is 14.3 Å². The Kier molecular flexibility index (Phi) is 6.66. The Morgan fingerprint density at radius 1 is 1.10 bits per heavy atom. The predicted octanol–water partition coefficient (Wildman–Crippen LogP) is 4.52. The van der Waals surface area contributed by atoms with Crippen LogP contribution in [0.5, 0.6) is 0 Å². The number of halogens is 1. The average molecular weight is 426 g/mol. The number of carbonyl (C=O) groups is 2. The molecule has 0 saturated heterocycles. The molecule has 1 amide bonds. The van der Waals surface area contributed by atoms with Crippen molar-refractivity contribution in [2.75, 3.05) is 11.9 Å². The first-order valence-electron chi connectivity index (χ1n) is 8.65. The van der Waals surface area contributed by atoms with E-state index in [2.05, 4.69) is 5.32 Å². The number of carbonyl (C=O) groups excluding carboxylic acids is 2. The highest BCUT2D eigenvalue weighted by molar-refractivity contribution is 7.11. The molecule has 0 aliphatic carbocycles. The summed E-state index contributed by atoms with van der Waals surface area (Å²) in [5.74, 6) is -1.87. The Morgan fingerprint density at radius 2 is 1.83 bits per heavy atom. The SMILES string of the molecule is O=C(COC(=O)/C(=C/c1ccc(F)cc1)c1cccs1)Nc1ccccc1[N+](=O)[O-]. The molecule has 0 aliphatic heterocycles. The molecule has 9 heteroatoms. The minimum atomic E-state index is -0.750. The van der Waals surface area contributed by atoms with Gasteiger partial charge in [0.25, 0.3) is 11.6 Å². The lowest BCUT2D eigenvalue weighted by Crippen LogP contribution is -2.21. The molecule has 3 rings (SSSR count). The number of anilines is 1. The molecular formula is C21H15FN2O5S. The topological polar surface area (TPSA) is 98.5 Å². The lowest BCUT2D eigenvalue weighted by molar-refractivity contribution is -0.383. The Balaban J connectivity index is 1.71. The van der Waals surface area contributed by atoms with Crippen LogP contribution in [0.25, 0.3) is 11.6 Å². The second-order valence-corrected chi connectivity index (χ2v) is 6.93. The van der Waals surface area contributed by atoms with Gasteiger partial charge in [0.2, 0.25) is 0 Å². The summed E-state index contributed by atoms with van der Waals surface area (Å²) in [6.45, 7) is -0.628. The maximum atomic E-state index is 13.1. The number of nitrogens with one attached hydrogen (secondary N) is 1. The fourth-order valence-electron chi connectivity index (χ4n) is 2.52. The van der Waals surface area contributed by atoms with Gasteiger partial charge in [0.1, 0.15) is 11.5 Å². The first-order chi connectivity index (χ1) is 14.4. The fraction of sp³-hybridized carbons (Fsp3) is 0.0476. The number of nitro benzene ring substituents is 1. The third-order valence-corrected chi connectivity index (χ3v) is 4.80. The van der Waals surface area contributed by atoms with Crippen molar-refractivity contribution in [1.82, 2.24) is 0 Å². The van der Waals surface area contributed by atoms with E-state index < -0.39 is 29.2 Å². The van der Waals surface area contributed by atoms with Crippen LogP contribution in [0.15, 0.2) is 66.0 Å². The number of hydrogen-bond donors (Lipinski definition) is 1. The second kappa shape index (κ2) is 9.57. The molecule has 0 spiro atoms. The van der Waals surface area contributed by atoms with E-state index in [1.165, 1.54) is 65.9 Å². The molecule has 3 aromatic rings. The van der Waals surface area contributed by atoms with Crippen molar-refractivity contribution in [3.8, 4) is 0 Å². The largest absolute Gasteiger partial charge is 0.452 e. The van der Waals surface area contributed by atoms with E-state index >= 15 is 0 Å². The molecule has 0 atom stereocenters. The monoisotopic (exact) mass is 426 g/mol. The molecule has 1 heterocycles. The average Bonchev–Trinajstić information content (AvgIpc) is 3.26. The smallest absolute Gasteiger partial charge is 0.340 e. The van der Waals surface area contributed by atoms with Gasteiger partial charge >= 0.3 is 5.97 Å². The molecule has 0 unspecified atom stereocenters. The number of amides is 1. The summed E-state index contributed by atoms with van der Waals surface area (Å²) >= 11 is 1.31. The maximum absolute atomic E-state index is 13.1. The Morgan fingerprint density at radius 3 is 2.50 bits per heavy atom. The predicted molar refractivity (Wildman–Crippen MR) is 111 cm³/mol. The molecule has 7 nitrogen and oxygen atoms in total. The molecule has 152 valence electrons. The molecule has 0 aliphatic rings. The standard InChI is InChI=1S/C21H15FN2O5S/c22-15-9-7-14(8-10-15)12-16(19-6-3-11-30-19)21(26)29-13-20(25)23-17-4-1-2-5-18(17)24(27)28/h1-12H,13H2,(H,23,25)/b16-12+. The summed E-state index contributed by atoms with van der Waals surface area (Å²) in [4.78, 5) is 35.7. The summed E-state index contributed by atoms with van der Waals surface area (Å²) < 4.78 is 18.2. The first kappa shape index (κ1) is 20.9. The van der Waals surface area contributed by atoms with Crippen molar-refractivity contribution in [3.05, 3.63) is 92.4 Å². The van der Waals surface area contributed by atoms with Gasteiger partial charge in [0, 0.05) is 10.9 Å². The zero-order valence-corrected chi connectivity index (χ0v) is 16.2. The lowest BCUT2D eigenvalue weighted by atomic mass is 10.1. The van der Waals surface area contributed by atoms with Crippen molar-refractivity contribution in [3.63, 3.8) is 0 Å². The molecule has 1 aromatic heterocycles. The molecule has 0 bridgehead atoms. The Bertz CT molecular complexity index is 1090. The number of esters is 1. The van der Waals surface area contributed by atoms with Crippen LogP contribution in [-0.4, -0.2) is 23.4 Å². The number of nitrogens with zero attached hydrogens (tertiary/aromatic N) is 1. The van der Waals surface area contributed by atoms with Gasteiger partial charge in [-0.1, -0.05) is 30.3 Å². The molecule has 2 aromatic carbocycles. The molecule has 1 N–H and O–H groups in total. The zero-order valence-electron chi connectivity index (χ0n) is 15.4. The molecule has 0 radical (unpaired) electrons. The number of rotatable bonds is 7. The van der Waals surface area contributed by atoms with Crippen molar-refractivity contribution < 1.29 is 23.6 Å². The number of ether oxygens (including phenoxy) is 1. The Labute approximate surface area is 174 Å². The van der Waals surface area contributed by atoms with E-state index in [9.17, 15) is 24.1 Å². The zero-order chi connectivity index (χ0) is 21.5. The van der Waals surface area contributed by atoms with Crippen LogP contribution >= 0.6 is 11.3 Å². The number of nitro groups is 1. The van der Waals surface area contributed by atoms with Gasteiger partial charge in [-0.05, 0) is 41.3 Å². The van der Waals surface area contributed by atoms with Gasteiger partial charge in [0.05, 0.1) is 10.5 Å². The van der Waals surface area contributed by atoms with Crippen LogP contribution in [0, 0.1) is 15.9 Å². The molecule has 0 saturated carbocycles. The van der Waals surface area contributed by atoms with E-state index in [1.807, 2.05) is 0 Å².